The van der Waals surface area contributed by atoms with Crippen LogP contribution in [-0.4, -0.2) is 30.0 Å². The first-order valence-electron chi connectivity index (χ1n) is 7.41. The largest absolute Gasteiger partial charge is 0.363 e. The van der Waals surface area contributed by atoms with Gasteiger partial charge in [-0.2, -0.15) is 0 Å². The Balaban J connectivity index is 1.73. The van der Waals surface area contributed by atoms with Gasteiger partial charge in [-0.1, -0.05) is 25.7 Å². The van der Waals surface area contributed by atoms with Crippen LogP contribution in [0.5, 0.6) is 0 Å². The van der Waals surface area contributed by atoms with Crippen molar-refractivity contribution in [3.05, 3.63) is 18.1 Å². The first-order valence-corrected chi connectivity index (χ1v) is 7.41. The molecule has 0 saturated heterocycles. The van der Waals surface area contributed by atoms with E-state index in [1.165, 1.54) is 25.7 Å². The normalized spacial score (nSPS) is 15.3. The fourth-order valence-electron chi connectivity index (χ4n) is 2.62. The van der Waals surface area contributed by atoms with Crippen LogP contribution in [0.2, 0.25) is 0 Å². The molecule has 1 aliphatic rings. The molecule has 1 aromatic heterocycles. The lowest BCUT2D eigenvalue weighted by molar-refractivity contribution is -0.121. The molecule has 0 radical (unpaired) electrons. The Labute approximate surface area is 120 Å². The molecule has 1 amide bonds. The third-order valence-electron chi connectivity index (χ3n) is 3.85. The minimum absolute atomic E-state index is 0.107. The van der Waals surface area contributed by atoms with Crippen molar-refractivity contribution in [1.82, 2.24) is 15.3 Å². The number of hydrogen-bond donors (Lipinski definition) is 1. The maximum Gasteiger partial charge on any atom is 0.220 e. The van der Waals surface area contributed by atoms with Gasteiger partial charge in [-0.05, 0) is 18.4 Å². The molecule has 5 nitrogen and oxygen atoms in total. The maximum absolute atomic E-state index is 11.8. The molecule has 20 heavy (non-hydrogen) atoms. The molecule has 0 spiro atoms. The van der Waals surface area contributed by atoms with Crippen molar-refractivity contribution >= 4 is 11.7 Å². The van der Waals surface area contributed by atoms with Crippen molar-refractivity contribution in [1.29, 1.82) is 0 Å². The van der Waals surface area contributed by atoms with E-state index in [0.717, 1.165) is 18.2 Å². The number of nitrogens with zero attached hydrogens (tertiary/aromatic N) is 3. The van der Waals surface area contributed by atoms with Gasteiger partial charge in [0.05, 0.1) is 6.54 Å². The summed E-state index contributed by atoms with van der Waals surface area (Å²) in [7, 11) is 3.87. The Morgan fingerprint density at radius 3 is 2.85 bits per heavy atom. The molecular formula is C15H24N4O. The van der Waals surface area contributed by atoms with E-state index in [0.29, 0.717) is 18.8 Å². The first-order chi connectivity index (χ1) is 9.65. The predicted octanol–water partition coefficient (Wildman–Crippen LogP) is 2.13. The Hall–Kier alpha value is -1.65. The quantitative estimate of drug-likeness (QED) is 0.864. The zero-order valence-corrected chi connectivity index (χ0v) is 12.4. The van der Waals surface area contributed by atoms with Gasteiger partial charge in [-0.3, -0.25) is 4.79 Å². The van der Waals surface area contributed by atoms with Gasteiger partial charge in [0.2, 0.25) is 5.91 Å². The molecule has 0 aliphatic heterocycles. The van der Waals surface area contributed by atoms with E-state index in [1.54, 1.807) is 6.20 Å². The summed E-state index contributed by atoms with van der Waals surface area (Å²) in [6, 6.07) is 1.85. The summed E-state index contributed by atoms with van der Waals surface area (Å²) >= 11 is 0. The molecular weight excluding hydrogens is 252 g/mol. The molecule has 0 unspecified atom stereocenters. The number of nitrogens with one attached hydrogen (secondary N) is 1. The van der Waals surface area contributed by atoms with Crippen molar-refractivity contribution in [2.24, 2.45) is 5.92 Å². The van der Waals surface area contributed by atoms with Crippen LogP contribution in [0.3, 0.4) is 0 Å². The van der Waals surface area contributed by atoms with Crippen molar-refractivity contribution < 1.29 is 4.79 Å². The summed E-state index contributed by atoms with van der Waals surface area (Å²) in [6.07, 6.45) is 8.61. The van der Waals surface area contributed by atoms with Gasteiger partial charge in [-0.15, -0.1) is 0 Å². The zero-order chi connectivity index (χ0) is 14.4. The fraction of sp³-hybridized carbons (Fsp3) is 0.667. The van der Waals surface area contributed by atoms with Gasteiger partial charge in [0.15, 0.2) is 0 Å². The maximum atomic E-state index is 11.8. The second-order valence-corrected chi connectivity index (χ2v) is 5.69. The highest BCUT2D eigenvalue weighted by Gasteiger charge is 2.16. The van der Waals surface area contributed by atoms with Crippen molar-refractivity contribution in [2.75, 3.05) is 19.0 Å². The average Bonchev–Trinajstić information content (AvgIpc) is 2.96. The van der Waals surface area contributed by atoms with Crippen LogP contribution in [0.1, 0.15) is 44.3 Å². The Morgan fingerprint density at radius 2 is 2.15 bits per heavy atom. The third kappa shape index (κ3) is 4.47. The van der Waals surface area contributed by atoms with Gasteiger partial charge < -0.3 is 10.2 Å². The molecule has 2 rings (SSSR count). The summed E-state index contributed by atoms with van der Waals surface area (Å²) in [6.45, 7) is 0.408. The van der Waals surface area contributed by atoms with Crippen LogP contribution >= 0.6 is 0 Å². The van der Waals surface area contributed by atoms with Crippen molar-refractivity contribution in [2.45, 2.75) is 45.1 Å². The minimum Gasteiger partial charge on any atom is -0.363 e. The number of amides is 1. The van der Waals surface area contributed by atoms with Crippen LogP contribution in [0.15, 0.2) is 12.3 Å². The highest BCUT2D eigenvalue weighted by molar-refractivity contribution is 5.75. The third-order valence-corrected chi connectivity index (χ3v) is 3.85. The summed E-state index contributed by atoms with van der Waals surface area (Å²) in [5.74, 6) is 2.38. The van der Waals surface area contributed by atoms with E-state index >= 15 is 0 Å². The Kier molecular flexibility index (Phi) is 5.32. The molecule has 5 heteroatoms. The van der Waals surface area contributed by atoms with Gasteiger partial charge in [0.1, 0.15) is 11.6 Å². The summed E-state index contributed by atoms with van der Waals surface area (Å²) in [4.78, 5) is 22.3. The second-order valence-electron chi connectivity index (χ2n) is 5.69. The molecule has 0 atom stereocenters. The van der Waals surface area contributed by atoms with E-state index in [1.807, 2.05) is 25.1 Å². The van der Waals surface area contributed by atoms with Gasteiger partial charge in [0.25, 0.3) is 0 Å². The predicted molar refractivity (Wildman–Crippen MR) is 79.4 cm³/mol. The average molecular weight is 276 g/mol. The van der Waals surface area contributed by atoms with Gasteiger partial charge in [0, 0.05) is 26.7 Å². The molecule has 0 aromatic carbocycles. The molecule has 1 aromatic rings. The van der Waals surface area contributed by atoms with E-state index < -0.39 is 0 Å². The molecule has 1 fully saturated rings. The highest BCUT2D eigenvalue weighted by Crippen LogP contribution is 2.28. The molecule has 1 aliphatic carbocycles. The monoisotopic (exact) mass is 276 g/mol. The van der Waals surface area contributed by atoms with Crippen LogP contribution in [-0.2, 0) is 11.3 Å². The topological polar surface area (TPSA) is 58.1 Å². The molecule has 1 N–H and O–H groups in total. The minimum atomic E-state index is 0.107. The standard InChI is InChI=1S/C15H24N4O/c1-19(2)14-9-10-16-13(18-14)11-17-15(20)8-7-12-5-3-4-6-12/h9-10,12H,3-8,11H2,1-2H3,(H,17,20). The molecule has 1 saturated carbocycles. The van der Waals surface area contributed by atoms with Crippen LogP contribution < -0.4 is 10.2 Å². The number of carbonyl (C=O) groups excluding carboxylic acids is 1. The summed E-state index contributed by atoms with van der Waals surface area (Å²) in [5.41, 5.74) is 0. The van der Waals surface area contributed by atoms with Crippen LogP contribution in [0.25, 0.3) is 0 Å². The lowest BCUT2D eigenvalue weighted by atomic mass is 10.0. The van der Waals surface area contributed by atoms with Crippen LogP contribution in [0.4, 0.5) is 5.82 Å². The smallest absolute Gasteiger partial charge is 0.220 e. The SMILES string of the molecule is CN(C)c1ccnc(CNC(=O)CCC2CCCC2)n1. The van der Waals surface area contributed by atoms with E-state index in [2.05, 4.69) is 15.3 Å². The number of rotatable bonds is 6. The Morgan fingerprint density at radius 1 is 1.40 bits per heavy atom. The van der Waals surface area contributed by atoms with Gasteiger partial charge >= 0.3 is 0 Å². The van der Waals surface area contributed by atoms with Crippen LogP contribution in [0, 0.1) is 5.92 Å². The first kappa shape index (κ1) is 14.8. The number of hydrogen-bond acceptors (Lipinski definition) is 4. The van der Waals surface area contributed by atoms with E-state index in [9.17, 15) is 4.79 Å². The lowest BCUT2D eigenvalue weighted by Crippen LogP contribution is -2.24. The van der Waals surface area contributed by atoms with Gasteiger partial charge in [-0.25, -0.2) is 9.97 Å². The number of aromatic nitrogens is 2. The fourth-order valence-corrected chi connectivity index (χ4v) is 2.62. The van der Waals surface area contributed by atoms with Crippen molar-refractivity contribution in [3.63, 3.8) is 0 Å². The highest BCUT2D eigenvalue weighted by atomic mass is 16.1. The number of anilines is 1. The van der Waals surface area contributed by atoms with E-state index in [4.69, 9.17) is 0 Å². The van der Waals surface area contributed by atoms with E-state index in [-0.39, 0.29) is 5.91 Å². The number of carbonyl (C=O) groups is 1. The molecule has 0 bridgehead atoms. The summed E-state index contributed by atoms with van der Waals surface area (Å²) in [5, 5.41) is 2.91. The van der Waals surface area contributed by atoms with Crippen molar-refractivity contribution in [3.8, 4) is 0 Å². The second kappa shape index (κ2) is 7.22. The lowest BCUT2D eigenvalue weighted by Gasteiger charge is -2.12. The zero-order valence-electron chi connectivity index (χ0n) is 12.4. The Bertz CT molecular complexity index is 441. The molecule has 110 valence electrons. The molecule has 1 heterocycles. The summed E-state index contributed by atoms with van der Waals surface area (Å²) < 4.78 is 0.